The van der Waals surface area contributed by atoms with Crippen molar-refractivity contribution in [2.75, 3.05) is 13.6 Å². The monoisotopic (exact) mass is 267 g/mol. The molecule has 0 aromatic heterocycles. The van der Waals surface area contributed by atoms with Gasteiger partial charge in [0.1, 0.15) is 11.9 Å². The molecule has 1 aromatic carbocycles. The Bertz CT molecular complexity index is 344. The van der Waals surface area contributed by atoms with Crippen molar-refractivity contribution in [3.05, 3.63) is 27.2 Å². The second-order valence-corrected chi connectivity index (χ2v) is 4.40. The van der Waals surface area contributed by atoms with Gasteiger partial charge in [0, 0.05) is 12.6 Å². The average molecular weight is 269 g/mol. The molecule has 15 heavy (non-hydrogen) atoms. The molecule has 0 fully saturated rings. The molecule has 0 bridgehead atoms. The van der Waals surface area contributed by atoms with Gasteiger partial charge in [-0.15, -0.1) is 0 Å². The summed E-state index contributed by atoms with van der Waals surface area (Å²) in [6.07, 6.45) is 0.0183. The number of likely N-dealkylation sites (N-methyl/N-ethyl adjacent to an activating group) is 1. The van der Waals surface area contributed by atoms with Crippen LogP contribution in [0.15, 0.2) is 12.1 Å². The van der Waals surface area contributed by atoms with E-state index >= 15 is 0 Å². The molecule has 1 N–H and O–H groups in total. The number of nitrogens with one attached hydrogen (secondary N) is 1. The third kappa shape index (κ3) is 3.72. The van der Waals surface area contributed by atoms with Crippen molar-refractivity contribution in [1.82, 2.24) is 5.32 Å². The highest BCUT2D eigenvalue weighted by molar-refractivity contribution is 6.43. The van der Waals surface area contributed by atoms with Crippen LogP contribution in [0.2, 0.25) is 15.1 Å². The topological polar surface area (TPSA) is 21.3 Å². The first-order valence-electron chi connectivity index (χ1n) is 4.50. The van der Waals surface area contributed by atoms with Crippen LogP contribution < -0.4 is 10.1 Å². The Kier molecular flexibility index (Phi) is 5.00. The Labute approximate surface area is 104 Å². The lowest BCUT2D eigenvalue weighted by Gasteiger charge is -2.15. The third-order valence-electron chi connectivity index (χ3n) is 1.79. The highest BCUT2D eigenvalue weighted by atomic mass is 35.5. The highest BCUT2D eigenvalue weighted by Crippen LogP contribution is 2.34. The number of hydrogen-bond donors (Lipinski definition) is 1. The van der Waals surface area contributed by atoms with Gasteiger partial charge >= 0.3 is 0 Å². The molecule has 2 nitrogen and oxygen atoms in total. The molecule has 1 rings (SSSR count). The van der Waals surface area contributed by atoms with Gasteiger partial charge in [-0.05, 0) is 20.0 Å². The zero-order chi connectivity index (χ0) is 11.4. The first-order valence-corrected chi connectivity index (χ1v) is 5.63. The molecule has 0 aliphatic heterocycles. The summed E-state index contributed by atoms with van der Waals surface area (Å²) in [5.41, 5.74) is 0. The molecule has 1 atom stereocenters. The molecular weight excluding hydrogens is 256 g/mol. The average Bonchev–Trinajstić information content (AvgIpc) is 2.14. The van der Waals surface area contributed by atoms with Gasteiger partial charge in [0.25, 0.3) is 0 Å². The zero-order valence-corrected chi connectivity index (χ0v) is 10.7. The van der Waals surface area contributed by atoms with Crippen LogP contribution in [0.25, 0.3) is 0 Å². The van der Waals surface area contributed by atoms with Crippen LogP contribution in [0.5, 0.6) is 5.75 Å². The van der Waals surface area contributed by atoms with E-state index in [1.165, 1.54) is 0 Å². The SMILES string of the molecule is CNCC(C)Oc1cc(Cl)c(Cl)cc1Cl. The second-order valence-electron chi connectivity index (χ2n) is 3.18. The third-order valence-corrected chi connectivity index (χ3v) is 2.81. The summed E-state index contributed by atoms with van der Waals surface area (Å²) in [6, 6.07) is 3.20. The first-order chi connectivity index (χ1) is 7.04. The summed E-state index contributed by atoms with van der Waals surface area (Å²) in [6.45, 7) is 2.67. The minimum Gasteiger partial charge on any atom is -0.488 e. The van der Waals surface area contributed by atoms with E-state index in [0.29, 0.717) is 20.8 Å². The lowest BCUT2D eigenvalue weighted by Crippen LogP contribution is -2.26. The van der Waals surface area contributed by atoms with Gasteiger partial charge in [0.15, 0.2) is 0 Å². The highest BCUT2D eigenvalue weighted by Gasteiger charge is 2.09. The predicted molar refractivity (Wildman–Crippen MR) is 65.5 cm³/mol. The summed E-state index contributed by atoms with van der Waals surface area (Å²) in [5, 5.41) is 4.34. The van der Waals surface area contributed by atoms with Gasteiger partial charge in [-0.3, -0.25) is 0 Å². The minimum absolute atomic E-state index is 0.0183. The maximum atomic E-state index is 5.96. The standard InChI is InChI=1S/C10H12Cl3NO/c1-6(5-14-2)15-10-4-8(12)7(11)3-9(10)13/h3-4,6,14H,5H2,1-2H3. The van der Waals surface area contributed by atoms with Gasteiger partial charge in [-0.25, -0.2) is 0 Å². The number of hydrogen-bond acceptors (Lipinski definition) is 2. The number of rotatable bonds is 4. The Hall–Kier alpha value is -0.150. The summed E-state index contributed by atoms with van der Waals surface area (Å²) in [5.74, 6) is 0.550. The van der Waals surface area contributed by atoms with Crippen molar-refractivity contribution in [1.29, 1.82) is 0 Å². The van der Waals surface area contributed by atoms with Gasteiger partial charge in [0.2, 0.25) is 0 Å². The molecule has 0 saturated carbocycles. The molecular formula is C10H12Cl3NO. The summed E-state index contributed by atoms with van der Waals surface area (Å²) >= 11 is 17.6. The largest absolute Gasteiger partial charge is 0.488 e. The molecule has 5 heteroatoms. The van der Waals surface area contributed by atoms with Gasteiger partial charge in [-0.2, -0.15) is 0 Å². The summed E-state index contributed by atoms with van der Waals surface area (Å²) < 4.78 is 5.58. The van der Waals surface area contributed by atoms with Gasteiger partial charge in [-0.1, -0.05) is 34.8 Å². The van der Waals surface area contributed by atoms with Crippen molar-refractivity contribution in [3.8, 4) is 5.75 Å². The van der Waals surface area contributed by atoms with E-state index in [0.717, 1.165) is 6.54 Å². The van der Waals surface area contributed by atoms with Crippen molar-refractivity contribution in [2.45, 2.75) is 13.0 Å². The van der Waals surface area contributed by atoms with E-state index < -0.39 is 0 Å². The van der Waals surface area contributed by atoms with E-state index in [1.54, 1.807) is 12.1 Å². The number of halogens is 3. The Morgan fingerprint density at radius 1 is 1.20 bits per heavy atom. The summed E-state index contributed by atoms with van der Waals surface area (Å²) in [4.78, 5) is 0. The van der Waals surface area contributed by atoms with E-state index in [1.807, 2.05) is 14.0 Å². The number of benzene rings is 1. The normalized spacial score (nSPS) is 12.6. The molecule has 0 aliphatic carbocycles. The Balaban J connectivity index is 2.81. The van der Waals surface area contributed by atoms with Crippen LogP contribution in [0, 0.1) is 0 Å². The van der Waals surface area contributed by atoms with Crippen LogP contribution in [0.1, 0.15) is 6.92 Å². The molecule has 1 aromatic rings. The lowest BCUT2D eigenvalue weighted by molar-refractivity contribution is 0.221. The Morgan fingerprint density at radius 3 is 2.40 bits per heavy atom. The lowest BCUT2D eigenvalue weighted by atomic mass is 10.3. The van der Waals surface area contributed by atoms with Gasteiger partial charge < -0.3 is 10.1 Å². The molecule has 1 unspecified atom stereocenters. The molecule has 0 saturated heterocycles. The fraction of sp³-hybridized carbons (Fsp3) is 0.400. The van der Waals surface area contributed by atoms with Crippen LogP contribution >= 0.6 is 34.8 Å². The minimum atomic E-state index is 0.0183. The predicted octanol–water partition coefficient (Wildman–Crippen LogP) is 3.63. The molecule has 0 amide bonds. The van der Waals surface area contributed by atoms with E-state index in [4.69, 9.17) is 39.5 Å². The van der Waals surface area contributed by atoms with Crippen molar-refractivity contribution in [3.63, 3.8) is 0 Å². The van der Waals surface area contributed by atoms with E-state index in [2.05, 4.69) is 5.32 Å². The van der Waals surface area contributed by atoms with Crippen LogP contribution in [-0.4, -0.2) is 19.7 Å². The molecule has 0 radical (unpaired) electrons. The number of ether oxygens (including phenoxy) is 1. The zero-order valence-electron chi connectivity index (χ0n) is 8.48. The molecule has 0 heterocycles. The van der Waals surface area contributed by atoms with Crippen molar-refractivity contribution >= 4 is 34.8 Å². The van der Waals surface area contributed by atoms with E-state index in [-0.39, 0.29) is 6.10 Å². The fourth-order valence-electron chi connectivity index (χ4n) is 1.14. The fourth-order valence-corrected chi connectivity index (χ4v) is 1.72. The maximum Gasteiger partial charge on any atom is 0.139 e. The van der Waals surface area contributed by atoms with Crippen molar-refractivity contribution < 1.29 is 4.74 Å². The molecule has 0 spiro atoms. The van der Waals surface area contributed by atoms with Gasteiger partial charge in [0.05, 0.1) is 15.1 Å². The quantitative estimate of drug-likeness (QED) is 0.842. The van der Waals surface area contributed by atoms with Crippen LogP contribution in [-0.2, 0) is 0 Å². The molecule has 0 aliphatic rings. The smallest absolute Gasteiger partial charge is 0.139 e. The van der Waals surface area contributed by atoms with E-state index in [9.17, 15) is 0 Å². The van der Waals surface area contributed by atoms with Crippen molar-refractivity contribution in [2.24, 2.45) is 0 Å². The van der Waals surface area contributed by atoms with Crippen LogP contribution in [0.3, 0.4) is 0 Å². The second kappa shape index (κ2) is 5.80. The van der Waals surface area contributed by atoms with Crippen LogP contribution in [0.4, 0.5) is 0 Å². The Morgan fingerprint density at radius 2 is 1.80 bits per heavy atom. The summed E-state index contributed by atoms with van der Waals surface area (Å²) in [7, 11) is 1.86. The molecule has 84 valence electrons. The first kappa shape index (κ1) is 12.9. The maximum absolute atomic E-state index is 5.96.